The van der Waals surface area contributed by atoms with Gasteiger partial charge in [-0.15, -0.1) is 0 Å². The van der Waals surface area contributed by atoms with E-state index in [0.29, 0.717) is 13.0 Å². The van der Waals surface area contributed by atoms with Crippen molar-refractivity contribution >= 4 is 5.97 Å². The summed E-state index contributed by atoms with van der Waals surface area (Å²) in [7, 11) is 0. The number of carbonyl (C=O) groups is 1. The van der Waals surface area contributed by atoms with Crippen molar-refractivity contribution in [2.24, 2.45) is 0 Å². The van der Waals surface area contributed by atoms with Crippen molar-refractivity contribution in [1.29, 1.82) is 0 Å². The van der Waals surface area contributed by atoms with Crippen molar-refractivity contribution in [3.63, 3.8) is 0 Å². The lowest BCUT2D eigenvalue weighted by Gasteiger charge is -1.97. The summed E-state index contributed by atoms with van der Waals surface area (Å²) in [5, 5.41) is 0. The minimum atomic E-state index is -0.157. The molecule has 0 aromatic rings. The summed E-state index contributed by atoms with van der Waals surface area (Å²) in [5.74, 6) is -0.157. The molecule has 0 amide bonds. The highest BCUT2D eigenvalue weighted by molar-refractivity contribution is 5.71. The van der Waals surface area contributed by atoms with Crippen LogP contribution >= 0.6 is 0 Å². The third-order valence-electron chi connectivity index (χ3n) is 1.65. The van der Waals surface area contributed by atoms with Gasteiger partial charge < -0.3 is 4.74 Å². The molecule has 0 radical (unpaired) electrons. The summed E-state index contributed by atoms with van der Waals surface area (Å²) in [6, 6.07) is 0. The number of unbranched alkanes of at least 4 members (excludes halogenated alkanes) is 1. The van der Waals surface area contributed by atoms with E-state index in [2.05, 4.69) is 6.92 Å². The maximum absolute atomic E-state index is 11.0. The van der Waals surface area contributed by atoms with E-state index in [1.54, 1.807) is 0 Å². The maximum atomic E-state index is 11.0. The molecule has 0 unspecified atom stereocenters. The topological polar surface area (TPSA) is 26.3 Å². The summed E-state index contributed by atoms with van der Waals surface area (Å²) in [6.45, 7) is 4.56. The van der Waals surface area contributed by atoms with Gasteiger partial charge >= 0.3 is 5.97 Å². The monoisotopic (exact) mass is 196 g/mol. The normalized spacial score (nSPS) is 11.3. The molecule has 0 saturated carbocycles. The summed E-state index contributed by atoms with van der Waals surface area (Å²) in [5.41, 5.74) is 0. The Morgan fingerprint density at radius 3 is 2.57 bits per heavy atom. The van der Waals surface area contributed by atoms with Crippen LogP contribution in [0.5, 0.6) is 0 Å². The number of esters is 1. The lowest BCUT2D eigenvalue weighted by Crippen LogP contribution is -2.02. The van der Waals surface area contributed by atoms with Gasteiger partial charge in [0.25, 0.3) is 0 Å². The van der Waals surface area contributed by atoms with E-state index in [1.165, 1.54) is 0 Å². The minimum absolute atomic E-state index is 0.157. The molecule has 0 atom stereocenters. The molecule has 0 spiro atoms. The molecule has 2 nitrogen and oxygen atoms in total. The van der Waals surface area contributed by atoms with Crippen molar-refractivity contribution in [3.8, 4) is 0 Å². The van der Waals surface area contributed by atoms with E-state index >= 15 is 0 Å². The van der Waals surface area contributed by atoms with E-state index in [-0.39, 0.29) is 5.97 Å². The predicted octanol–water partition coefficient (Wildman–Crippen LogP) is 3.24. The van der Waals surface area contributed by atoms with Crippen LogP contribution in [0.1, 0.15) is 39.5 Å². The van der Waals surface area contributed by atoms with Crippen molar-refractivity contribution in [2.75, 3.05) is 6.61 Å². The zero-order chi connectivity index (χ0) is 10.6. The average Bonchev–Trinajstić information content (AvgIpc) is 2.18. The summed E-state index contributed by atoms with van der Waals surface area (Å²) in [6.07, 6.45) is 11.3. The van der Waals surface area contributed by atoms with Gasteiger partial charge in [0.1, 0.15) is 6.61 Å². The van der Waals surface area contributed by atoms with Gasteiger partial charge in [0.2, 0.25) is 0 Å². The van der Waals surface area contributed by atoms with Gasteiger partial charge in [-0.25, -0.2) is 0 Å². The molecule has 0 aromatic carbocycles. The Hall–Kier alpha value is -1.05. The van der Waals surface area contributed by atoms with E-state index < -0.39 is 0 Å². The second-order valence-corrected chi connectivity index (χ2v) is 3.03. The van der Waals surface area contributed by atoms with E-state index in [1.807, 2.05) is 31.2 Å². The van der Waals surface area contributed by atoms with Gasteiger partial charge in [0.05, 0.1) is 6.42 Å². The number of carbonyl (C=O) groups excluding carboxylic acids is 1. The number of rotatable bonds is 7. The fourth-order valence-electron chi connectivity index (χ4n) is 0.899. The molecule has 0 rings (SSSR count). The Morgan fingerprint density at radius 1 is 1.14 bits per heavy atom. The van der Waals surface area contributed by atoms with Gasteiger partial charge in [0, 0.05) is 0 Å². The van der Waals surface area contributed by atoms with Crippen LogP contribution in [0.3, 0.4) is 0 Å². The van der Waals surface area contributed by atoms with Crippen LogP contribution in [0, 0.1) is 0 Å². The fraction of sp³-hybridized carbons (Fsp3) is 0.583. The van der Waals surface area contributed by atoms with Crippen LogP contribution in [0.15, 0.2) is 24.3 Å². The first-order valence-corrected chi connectivity index (χ1v) is 5.26. The minimum Gasteiger partial charge on any atom is -0.461 e. The molecule has 0 bridgehead atoms. The summed E-state index contributed by atoms with van der Waals surface area (Å²) in [4.78, 5) is 11.0. The van der Waals surface area contributed by atoms with Crippen molar-refractivity contribution in [1.82, 2.24) is 0 Å². The second kappa shape index (κ2) is 10.0. The molecule has 0 N–H and O–H groups in total. The molecule has 0 aliphatic carbocycles. The van der Waals surface area contributed by atoms with Crippen LogP contribution in [0.2, 0.25) is 0 Å². The lowest BCUT2D eigenvalue weighted by molar-refractivity contribution is -0.141. The Morgan fingerprint density at radius 2 is 1.93 bits per heavy atom. The molecule has 0 fully saturated rings. The first kappa shape index (κ1) is 12.9. The molecular formula is C12H20O2. The zero-order valence-electron chi connectivity index (χ0n) is 9.16. The van der Waals surface area contributed by atoms with Gasteiger partial charge in [0.15, 0.2) is 0 Å². The molecule has 0 aliphatic heterocycles. The molecule has 0 aliphatic rings. The highest BCUT2D eigenvalue weighted by Gasteiger charge is 1.95. The molecule has 14 heavy (non-hydrogen) atoms. The van der Waals surface area contributed by atoms with Crippen LogP contribution in [-0.4, -0.2) is 12.6 Å². The largest absolute Gasteiger partial charge is 0.461 e. The quantitative estimate of drug-likeness (QED) is 0.461. The third kappa shape index (κ3) is 9.04. The fourth-order valence-corrected chi connectivity index (χ4v) is 0.899. The first-order chi connectivity index (χ1) is 6.81. The van der Waals surface area contributed by atoms with Gasteiger partial charge in [-0.1, -0.05) is 44.6 Å². The predicted molar refractivity (Wildman–Crippen MR) is 59.1 cm³/mol. The highest BCUT2D eigenvalue weighted by atomic mass is 16.5. The van der Waals surface area contributed by atoms with Crippen LogP contribution in [-0.2, 0) is 9.53 Å². The molecular weight excluding hydrogens is 176 g/mol. The smallest absolute Gasteiger partial charge is 0.309 e. The van der Waals surface area contributed by atoms with Crippen LogP contribution < -0.4 is 0 Å². The van der Waals surface area contributed by atoms with Crippen molar-refractivity contribution in [2.45, 2.75) is 39.5 Å². The van der Waals surface area contributed by atoms with E-state index in [9.17, 15) is 4.79 Å². The highest BCUT2D eigenvalue weighted by Crippen LogP contribution is 1.92. The molecule has 0 heterocycles. The van der Waals surface area contributed by atoms with E-state index in [0.717, 1.165) is 19.3 Å². The second-order valence-electron chi connectivity index (χ2n) is 3.03. The number of hydrogen-bond donors (Lipinski definition) is 0. The first-order valence-electron chi connectivity index (χ1n) is 5.26. The SMILES string of the molecule is CC/C=C\CC(=O)OC/C=C/CCC. The van der Waals surface area contributed by atoms with Crippen LogP contribution in [0.4, 0.5) is 0 Å². The number of hydrogen-bond acceptors (Lipinski definition) is 2. The Kier molecular flexibility index (Phi) is 9.28. The van der Waals surface area contributed by atoms with Crippen LogP contribution in [0.25, 0.3) is 0 Å². The number of allylic oxidation sites excluding steroid dienone is 2. The average molecular weight is 196 g/mol. The Balaban J connectivity index is 3.39. The summed E-state index contributed by atoms with van der Waals surface area (Å²) >= 11 is 0. The molecule has 2 heteroatoms. The number of ether oxygens (including phenoxy) is 1. The van der Waals surface area contributed by atoms with Gasteiger partial charge in [-0.3, -0.25) is 4.79 Å². The molecule has 0 saturated heterocycles. The zero-order valence-corrected chi connectivity index (χ0v) is 9.16. The summed E-state index contributed by atoms with van der Waals surface area (Å²) < 4.78 is 4.96. The van der Waals surface area contributed by atoms with Crippen molar-refractivity contribution in [3.05, 3.63) is 24.3 Å². The Bertz CT molecular complexity index is 192. The van der Waals surface area contributed by atoms with Gasteiger partial charge in [-0.2, -0.15) is 0 Å². The maximum Gasteiger partial charge on any atom is 0.309 e. The van der Waals surface area contributed by atoms with Gasteiger partial charge in [-0.05, 0) is 12.8 Å². The van der Waals surface area contributed by atoms with E-state index in [4.69, 9.17) is 4.74 Å². The standard InChI is InChI=1S/C12H20O2/c1-3-5-7-9-11-14-12(13)10-8-6-4-2/h6-9H,3-5,10-11H2,1-2H3/b8-6-,9-7+. The molecule has 0 aromatic heterocycles. The molecule has 80 valence electrons. The van der Waals surface area contributed by atoms with Crippen molar-refractivity contribution < 1.29 is 9.53 Å². The lowest BCUT2D eigenvalue weighted by atomic mass is 10.3. The Labute approximate surface area is 86.6 Å². The third-order valence-corrected chi connectivity index (χ3v) is 1.65.